The number of hydrogen-bond donors (Lipinski definition) is 3. The lowest BCUT2D eigenvalue weighted by molar-refractivity contribution is -0.139. The minimum absolute atomic E-state index is 0. The molecular weight excluding hydrogens is 613 g/mol. The molecular formula is C27H36Cl3N5O5S. The molecule has 0 amide bonds. The quantitative estimate of drug-likeness (QED) is 0.181. The predicted octanol–water partition coefficient (Wildman–Crippen LogP) is 4.72. The SMILES string of the molecule is CCOC(=O)CS(=O)(=O)N(C/C=C/c1cccc(C(=N)N)c1)c1ccc(OC2CCN(C(C)=N)CC2)c(Cl)c1.Cl.Cl. The Morgan fingerprint density at radius 1 is 1.17 bits per heavy atom. The third-order valence-corrected chi connectivity index (χ3v) is 8.06. The Labute approximate surface area is 258 Å². The summed E-state index contributed by atoms with van der Waals surface area (Å²) in [4.78, 5) is 14.0. The van der Waals surface area contributed by atoms with Gasteiger partial charge in [0, 0.05) is 31.5 Å². The normalized spacial score (nSPS) is 13.6. The number of benzene rings is 2. The van der Waals surface area contributed by atoms with E-state index in [4.69, 9.17) is 37.6 Å². The minimum atomic E-state index is -4.12. The van der Waals surface area contributed by atoms with E-state index in [9.17, 15) is 13.2 Å². The molecule has 1 heterocycles. The van der Waals surface area contributed by atoms with Gasteiger partial charge in [0.15, 0.2) is 5.75 Å². The molecule has 2 aromatic rings. The molecule has 0 aromatic heterocycles. The van der Waals surface area contributed by atoms with E-state index < -0.39 is 21.7 Å². The van der Waals surface area contributed by atoms with Gasteiger partial charge in [-0.3, -0.25) is 19.9 Å². The van der Waals surface area contributed by atoms with Crippen LogP contribution in [0.4, 0.5) is 5.69 Å². The minimum Gasteiger partial charge on any atom is -0.489 e. The Kier molecular flexibility index (Phi) is 14.5. The number of hydrogen-bond acceptors (Lipinski definition) is 7. The summed E-state index contributed by atoms with van der Waals surface area (Å²) in [5, 5.41) is 15.6. The van der Waals surface area contributed by atoms with Gasteiger partial charge in [0.2, 0.25) is 10.0 Å². The lowest BCUT2D eigenvalue weighted by Crippen LogP contribution is -2.40. The number of likely N-dealkylation sites (tertiary alicyclic amines) is 1. The molecule has 1 aliphatic heterocycles. The summed E-state index contributed by atoms with van der Waals surface area (Å²) >= 11 is 6.52. The summed E-state index contributed by atoms with van der Waals surface area (Å²) in [6.07, 6.45) is 4.76. The zero-order valence-corrected chi connectivity index (χ0v) is 26.0. The third-order valence-electron chi connectivity index (χ3n) is 6.13. The lowest BCUT2D eigenvalue weighted by atomic mass is 10.1. The molecule has 3 rings (SSSR count). The van der Waals surface area contributed by atoms with Crippen molar-refractivity contribution >= 4 is 75.8 Å². The van der Waals surface area contributed by atoms with Gasteiger partial charge in [-0.05, 0) is 43.7 Å². The van der Waals surface area contributed by atoms with E-state index in [1.807, 2.05) is 4.90 Å². The number of nitrogens with two attached hydrogens (primary N) is 1. The highest BCUT2D eigenvalue weighted by atomic mass is 35.5. The number of nitrogen functional groups attached to an aromatic ring is 1. The molecule has 1 saturated heterocycles. The van der Waals surface area contributed by atoms with E-state index in [1.54, 1.807) is 62.4 Å². The second kappa shape index (κ2) is 16.5. The molecule has 0 aliphatic carbocycles. The third kappa shape index (κ3) is 10.4. The lowest BCUT2D eigenvalue weighted by Gasteiger charge is -2.33. The highest BCUT2D eigenvalue weighted by Gasteiger charge is 2.27. The van der Waals surface area contributed by atoms with E-state index in [2.05, 4.69) is 0 Å². The molecule has 0 atom stereocenters. The summed E-state index contributed by atoms with van der Waals surface area (Å²) in [6.45, 7) is 4.79. The number of nitrogens with one attached hydrogen (secondary N) is 2. The topological polar surface area (TPSA) is 150 Å². The second-order valence-electron chi connectivity index (χ2n) is 9.04. The van der Waals surface area contributed by atoms with Crippen molar-refractivity contribution in [1.29, 1.82) is 10.8 Å². The monoisotopic (exact) mass is 647 g/mol. The molecule has 2 aromatic carbocycles. The summed E-state index contributed by atoms with van der Waals surface area (Å²) in [7, 11) is -4.12. The molecule has 0 spiro atoms. The van der Waals surface area contributed by atoms with Crippen molar-refractivity contribution in [2.45, 2.75) is 32.8 Å². The highest BCUT2D eigenvalue weighted by Crippen LogP contribution is 2.32. The van der Waals surface area contributed by atoms with Crippen molar-refractivity contribution in [3.8, 4) is 5.75 Å². The molecule has 0 bridgehead atoms. The van der Waals surface area contributed by atoms with Gasteiger partial charge in [0.05, 0.1) is 29.7 Å². The van der Waals surface area contributed by atoms with Gasteiger partial charge in [-0.25, -0.2) is 8.42 Å². The van der Waals surface area contributed by atoms with Crippen LogP contribution >= 0.6 is 36.4 Å². The molecule has 0 unspecified atom stereocenters. The first-order valence-corrected chi connectivity index (χ1v) is 14.5. The largest absolute Gasteiger partial charge is 0.489 e. The maximum Gasteiger partial charge on any atom is 0.323 e. The van der Waals surface area contributed by atoms with Gasteiger partial charge < -0.3 is 20.1 Å². The second-order valence-corrected chi connectivity index (χ2v) is 11.3. The molecule has 4 N–H and O–H groups in total. The fourth-order valence-electron chi connectivity index (χ4n) is 4.13. The Hall–Kier alpha value is -2.99. The number of carbonyl (C=O) groups excluding carboxylic acids is 1. The standard InChI is InChI=1S/C27H34ClN5O5S.2ClH/c1-3-37-26(34)18-39(35,36)33(13-5-7-20-6-4-8-21(16-20)27(30)31)22-9-10-25(24(28)17-22)38-23-11-14-32(15-12-23)19(2)29;;/h4-10,16-17,23,29H,3,11-15,18H2,1-2H3,(H3,30,31);2*1H/b7-5+,29-19?;;. The molecule has 10 nitrogen and oxygen atoms in total. The van der Waals surface area contributed by atoms with Gasteiger partial charge >= 0.3 is 5.97 Å². The zero-order valence-electron chi connectivity index (χ0n) is 22.8. The van der Waals surface area contributed by atoms with E-state index in [-0.39, 0.29) is 60.6 Å². The van der Waals surface area contributed by atoms with Crippen LogP contribution in [0.15, 0.2) is 48.5 Å². The first kappa shape index (κ1) is 36.0. The summed E-state index contributed by atoms with van der Waals surface area (Å²) in [5.41, 5.74) is 7.11. The van der Waals surface area contributed by atoms with Crippen LogP contribution in [-0.2, 0) is 19.6 Å². The van der Waals surface area contributed by atoms with Crippen molar-refractivity contribution in [2.75, 3.05) is 36.3 Å². The number of sulfonamides is 1. The maximum atomic E-state index is 13.3. The van der Waals surface area contributed by atoms with Crippen LogP contribution in [-0.4, -0.2) is 69.1 Å². The van der Waals surface area contributed by atoms with E-state index in [0.717, 1.165) is 35.8 Å². The van der Waals surface area contributed by atoms with Crippen molar-refractivity contribution in [3.63, 3.8) is 0 Å². The Morgan fingerprint density at radius 2 is 1.85 bits per heavy atom. The van der Waals surface area contributed by atoms with Crippen LogP contribution in [0.2, 0.25) is 5.02 Å². The summed E-state index contributed by atoms with van der Waals surface area (Å²) in [5.74, 6) is -0.783. The van der Waals surface area contributed by atoms with Crippen LogP contribution < -0.4 is 14.8 Å². The smallest absolute Gasteiger partial charge is 0.323 e. The van der Waals surface area contributed by atoms with E-state index in [1.165, 1.54) is 6.07 Å². The van der Waals surface area contributed by atoms with E-state index >= 15 is 0 Å². The summed E-state index contributed by atoms with van der Waals surface area (Å²) < 4.78 is 38.5. The molecule has 0 saturated carbocycles. The van der Waals surface area contributed by atoms with Crippen LogP contribution in [0.25, 0.3) is 6.08 Å². The average Bonchev–Trinajstić information content (AvgIpc) is 2.88. The molecule has 41 heavy (non-hydrogen) atoms. The van der Waals surface area contributed by atoms with Gasteiger partial charge in [-0.2, -0.15) is 0 Å². The van der Waals surface area contributed by atoms with Crippen molar-refractivity contribution in [1.82, 2.24) is 4.90 Å². The zero-order chi connectivity index (χ0) is 28.6. The van der Waals surface area contributed by atoms with Gasteiger partial charge in [0.25, 0.3) is 0 Å². The van der Waals surface area contributed by atoms with Gasteiger partial charge in [0.1, 0.15) is 17.7 Å². The van der Waals surface area contributed by atoms with Crippen molar-refractivity contribution in [2.24, 2.45) is 5.73 Å². The maximum absolute atomic E-state index is 13.3. The summed E-state index contributed by atoms with van der Waals surface area (Å²) in [6, 6.07) is 11.7. The first-order valence-electron chi connectivity index (χ1n) is 12.5. The number of rotatable bonds is 11. The van der Waals surface area contributed by atoms with Crippen LogP contribution in [0.3, 0.4) is 0 Å². The highest BCUT2D eigenvalue weighted by molar-refractivity contribution is 7.93. The van der Waals surface area contributed by atoms with Crippen LogP contribution in [0.5, 0.6) is 5.75 Å². The average molecular weight is 649 g/mol. The molecule has 0 radical (unpaired) electrons. The number of amidine groups is 2. The number of esters is 1. The number of nitrogens with zero attached hydrogens (tertiary/aromatic N) is 2. The molecule has 226 valence electrons. The fraction of sp³-hybridized carbons (Fsp3) is 0.370. The van der Waals surface area contributed by atoms with Crippen molar-refractivity contribution < 1.29 is 22.7 Å². The first-order chi connectivity index (χ1) is 18.5. The Balaban J connectivity index is 0.00000420. The predicted molar refractivity (Wildman–Crippen MR) is 169 cm³/mol. The van der Waals surface area contributed by atoms with Crippen LogP contribution in [0, 0.1) is 10.8 Å². The number of anilines is 1. The fourth-order valence-corrected chi connectivity index (χ4v) is 5.64. The Morgan fingerprint density at radius 3 is 2.44 bits per heavy atom. The van der Waals surface area contributed by atoms with Gasteiger partial charge in [-0.15, -0.1) is 24.8 Å². The molecule has 14 heteroatoms. The van der Waals surface area contributed by atoms with Crippen LogP contribution in [0.1, 0.15) is 37.8 Å². The Bertz CT molecular complexity index is 1350. The van der Waals surface area contributed by atoms with Gasteiger partial charge in [-0.1, -0.05) is 42.0 Å². The molecule has 1 fully saturated rings. The molecule has 1 aliphatic rings. The number of carbonyl (C=O) groups is 1. The van der Waals surface area contributed by atoms with E-state index in [0.29, 0.717) is 17.1 Å². The van der Waals surface area contributed by atoms with Crippen molar-refractivity contribution in [3.05, 3.63) is 64.7 Å². The number of piperidine rings is 1. The number of halogens is 3. The number of ether oxygens (including phenoxy) is 2.